The van der Waals surface area contributed by atoms with Crippen molar-refractivity contribution in [1.82, 2.24) is 5.32 Å². The van der Waals surface area contributed by atoms with Crippen molar-refractivity contribution >= 4 is 17.4 Å². The summed E-state index contributed by atoms with van der Waals surface area (Å²) in [6.07, 6.45) is 0. The first-order chi connectivity index (χ1) is 7.74. The molecule has 1 aliphatic heterocycles. The predicted octanol–water partition coefficient (Wildman–Crippen LogP) is 1.09. The summed E-state index contributed by atoms with van der Waals surface area (Å²) in [5.41, 5.74) is 1.00. The van der Waals surface area contributed by atoms with E-state index in [2.05, 4.69) is 5.32 Å². The highest BCUT2D eigenvalue weighted by Crippen LogP contribution is 2.24. The molecule has 0 atom stereocenters. The lowest BCUT2D eigenvalue weighted by Gasteiger charge is -2.04. The molecular formula is C12H11NO3. The second-order valence-corrected chi connectivity index (χ2v) is 3.29. The average molecular weight is 217 g/mol. The summed E-state index contributed by atoms with van der Waals surface area (Å²) in [4.78, 5) is 23.0. The molecule has 4 nitrogen and oxygen atoms in total. The second kappa shape index (κ2) is 4.18. The van der Waals surface area contributed by atoms with Crippen molar-refractivity contribution in [3.8, 4) is 0 Å². The quantitative estimate of drug-likeness (QED) is 0.771. The van der Waals surface area contributed by atoms with Crippen molar-refractivity contribution in [2.75, 3.05) is 6.61 Å². The minimum atomic E-state index is -0.467. The van der Waals surface area contributed by atoms with Gasteiger partial charge in [0.2, 0.25) is 0 Å². The van der Waals surface area contributed by atoms with Gasteiger partial charge in [-0.2, -0.15) is 0 Å². The Labute approximate surface area is 92.9 Å². The standard InChI is InChI=1S/C12H11NO3/c1-2-16-10-9(11(14)13-12(10)15)8-6-4-3-5-7-8/h3-7H,2H2,1H3,(H,13,14,15). The van der Waals surface area contributed by atoms with Crippen molar-refractivity contribution in [1.29, 1.82) is 0 Å². The number of hydrogen-bond acceptors (Lipinski definition) is 3. The van der Waals surface area contributed by atoms with Crippen molar-refractivity contribution in [2.45, 2.75) is 6.92 Å². The fourth-order valence-electron chi connectivity index (χ4n) is 1.59. The monoisotopic (exact) mass is 217 g/mol. The number of carbonyl (C=O) groups is 2. The van der Waals surface area contributed by atoms with Crippen LogP contribution in [0.3, 0.4) is 0 Å². The number of imide groups is 1. The Morgan fingerprint density at radius 2 is 1.81 bits per heavy atom. The van der Waals surface area contributed by atoms with Crippen molar-refractivity contribution < 1.29 is 14.3 Å². The molecule has 0 saturated heterocycles. The van der Waals surface area contributed by atoms with Gasteiger partial charge in [0.05, 0.1) is 12.2 Å². The predicted molar refractivity (Wildman–Crippen MR) is 58.1 cm³/mol. The van der Waals surface area contributed by atoms with Gasteiger partial charge in [-0.25, -0.2) is 0 Å². The number of rotatable bonds is 3. The fraction of sp³-hybridized carbons (Fsp3) is 0.167. The van der Waals surface area contributed by atoms with E-state index in [1.54, 1.807) is 19.1 Å². The fourth-order valence-corrected chi connectivity index (χ4v) is 1.59. The Morgan fingerprint density at radius 3 is 2.44 bits per heavy atom. The van der Waals surface area contributed by atoms with Crippen LogP contribution in [0.2, 0.25) is 0 Å². The van der Waals surface area contributed by atoms with Gasteiger partial charge in [0.25, 0.3) is 11.8 Å². The molecule has 2 rings (SSSR count). The molecular weight excluding hydrogens is 206 g/mol. The number of carbonyl (C=O) groups excluding carboxylic acids is 2. The highest BCUT2D eigenvalue weighted by Gasteiger charge is 2.32. The molecule has 0 bridgehead atoms. The average Bonchev–Trinajstić information content (AvgIpc) is 2.56. The number of benzene rings is 1. The molecule has 1 aliphatic rings. The molecule has 0 spiro atoms. The molecule has 16 heavy (non-hydrogen) atoms. The van der Waals surface area contributed by atoms with Gasteiger partial charge in [-0.05, 0) is 12.5 Å². The largest absolute Gasteiger partial charge is 0.488 e. The van der Waals surface area contributed by atoms with Crippen molar-refractivity contribution in [2.24, 2.45) is 0 Å². The molecule has 1 aromatic carbocycles. The zero-order valence-corrected chi connectivity index (χ0v) is 8.82. The first-order valence-electron chi connectivity index (χ1n) is 5.02. The first-order valence-corrected chi connectivity index (χ1v) is 5.02. The zero-order chi connectivity index (χ0) is 11.5. The minimum absolute atomic E-state index is 0.110. The molecule has 2 amide bonds. The highest BCUT2D eigenvalue weighted by atomic mass is 16.5. The maximum Gasteiger partial charge on any atom is 0.294 e. The third-order valence-electron chi connectivity index (χ3n) is 2.24. The van der Waals surface area contributed by atoms with E-state index in [9.17, 15) is 9.59 Å². The lowest BCUT2D eigenvalue weighted by molar-refractivity contribution is -0.125. The van der Waals surface area contributed by atoms with E-state index in [4.69, 9.17) is 4.74 Å². The van der Waals surface area contributed by atoms with Crippen LogP contribution in [0, 0.1) is 0 Å². The summed E-state index contributed by atoms with van der Waals surface area (Å²) in [5, 5.41) is 2.22. The van der Waals surface area contributed by atoms with Gasteiger partial charge in [-0.3, -0.25) is 14.9 Å². The normalized spacial score (nSPS) is 15.3. The lowest BCUT2D eigenvalue weighted by atomic mass is 10.1. The summed E-state index contributed by atoms with van der Waals surface area (Å²) in [6.45, 7) is 2.12. The van der Waals surface area contributed by atoms with Gasteiger partial charge in [-0.15, -0.1) is 0 Å². The Bertz CT molecular complexity index is 462. The minimum Gasteiger partial charge on any atom is -0.488 e. The van der Waals surface area contributed by atoms with Gasteiger partial charge in [0.15, 0.2) is 5.76 Å². The second-order valence-electron chi connectivity index (χ2n) is 3.29. The van der Waals surface area contributed by atoms with E-state index in [-0.39, 0.29) is 5.76 Å². The smallest absolute Gasteiger partial charge is 0.294 e. The molecule has 0 fully saturated rings. The number of hydrogen-bond donors (Lipinski definition) is 1. The molecule has 0 saturated carbocycles. The topological polar surface area (TPSA) is 55.4 Å². The van der Waals surface area contributed by atoms with E-state index >= 15 is 0 Å². The van der Waals surface area contributed by atoms with Gasteiger partial charge < -0.3 is 4.74 Å². The van der Waals surface area contributed by atoms with Crippen LogP contribution in [-0.4, -0.2) is 18.4 Å². The summed E-state index contributed by atoms with van der Waals surface area (Å²) < 4.78 is 5.20. The van der Waals surface area contributed by atoms with Gasteiger partial charge >= 0.3 is 0 Å². The Kier molecular flexibility index (Phi) is 2.72. The maximum absolute atomic E-state index is 11.6. The molecule has 1 N–H and O–H groups in total. The molecule has 0 aliphatic carbocycles. The molecule has 82 valence electrons. The lowest BCUT2D eigenvalue weighted by Crippen LogP contribution is -2.23. The van der Waals surface area contributed by atoms with Crippen LogP contribution in [0.1, 0.15) is 12.5 Å². The molecule has 4 heteroatoms. The summed E-state index contributed by atoms with van der Waals surface area (Å²) >= 11 is 0. The molecule has 0 unspecified atom stereocenters. The van der Waals surface area contributed by atoms with E-state index < -0.39 is 11.8 Å². The van der Waals surface area contributed by atoms with Crippen molar-refractivity contribution in [3.63, 3.8) is 0 Å². The van der Waals surface area contributed by atoms with Gasteiger partial charge in [-0.1, -0.05) is 30.3 Å². The number of amides is 2. The van der Waals surface area contributed by atoms with Gasteiger partial charge in [0.1, 0.15) is 0 Å². The number of ether oxygens (including phenoxy) is 1. The van der Waals surface area contributed by atoms with Crippen LogP contribution < -0.4 is 5.32 Å². The summed E-state index contributed by atoms with van der Waals surface area (Å²) in [7, 11) is 0. The van der Waals surface area contributed by atoms with E-state index in [1.165, 1.54) is 0 Å². The SMILES string of the molecule is CCOC1=C(c2ccccc2)C(=O)NC1=O. The van der Waals surface area contributed by atoms with Crippen LogP contribution in [0.5, 0.6) is 0 Å². The van der Waals surface area contributed by atoms with E-state index in [1.807, 2.05) is 18.2 Å². The third-order valence-corrected chi connectivity index (χ3v) is 2.24. The number of nitrogens with one attached hydrogen (secondary N) is 1. The van der Waals surface area contributed by atoms with Gasteiger partial charge in [0, 0.05) is 0 Å². The van der Waals surface area contributed by atoms with Crippen LogP contribution >= 0.6 is 0 Å². The van der Waals surface area contributed by atoms with Crippen LogP contribution in [0.15, 0.2) is 36.1 Å². The van der Waals surface area contributed by atoms with Crippen molar-refractivity contribution in [3.05, 3.63) is 41.7 Å². The highest BCUT2D eigenvalue weighted by molar-refractivity contribution is 6.35. The Hall–Kier alpha value is -2.10. The Balaban J connectivity index is 2.50. The molecule has 1 aromatic rings. The summed E-state index contributed by atoms with van der Waals surface area (Å²) in [6, 6.07) is 9.00. The summed E-state index contributed by atoms with van der Waals surface area (Å²) in [5.74, 6) is -0.760. The third kappa shape index (κ3) is 1.69. The first kappa shape index (κ1) is 10.4. The maximum atomic E-state index is 11.6. The molecule has 0 aromatic heterocycles. The van der Waals surface area contributed by atoms with Crippen LogP contribution in [-0.2, 0) is 14.3 Å². The molecule has 0 radical (unpaired) electrons. The van der Waals surface area contributed by atoms with Crippen LogP contribution in [0.4, 0.5) is 0 Å². The zero-order valence-electron chi connectivity index (χ0n) is 8.82. The molecule has 1 heterocycles. The van der Waals surface area contributed by atoms with E-state index in [0.717, 1.165) is 0 Å². The van der Waals surface area contributed by atoms with E-state index in [0.29, 0.717) is 17.7 Å². The van der Waals surface area contributed by atoms with Crippen LogP contribution in [0.25, 0.3) is 5.57 Å². The Morgan fingerprint density at radius 1 is 1.12 bits per heavy atom.